The molecular weight excluding hydrogens is 262 g/mol. The van der Waals surface area contributed by atoms with Gasteiger partial charge in [0.1, 0.15) is 5.76 Å². The molecule has 1 atom stereocenters. The van der Waals surface area contributed by atoms with Crippen molar-refractivity contribution in [2.24, 2.45) is 0 Å². The van der Waals surface area contributed by atoms with Crippen molar-refractivity contribution in [3.05, 3.63) is 22.6 Å². The van der Waals surface area contributed by atoms with Crippen LogP contribution in [0.25, 0.3) is 0 Å². The molecule has 0 amide bonds. The minimum Gasteiger partial charge on any atom is -0.467 e. The minimum absolute atomic E-state index is 0.658. The first-order chi connectivity index (χ1) is 6.86. The highest BCUT2D eigenvalue weighted by Gasteiger charge is 2.13. The first-order valence-corrected chi connectivity index (χ1v) is 6.84. The van der Waals surface area contributed by atoms with E-state index < -0.39 is 0 Å². The van der Waals surface area contributed by atoms with Gasteiger partial charge in [0.2, 0.25) is 0 Å². The molecule has 1 aliphatic heterocycles. The van der Waals surface area contributed by atoms with Crippen molar-refractivity contribution in [1.29, 1.82) is 0 Å². The molecule has 4 heteroatoms. The van der Waals surface area contributed by atoms with Crippen LogP contribution < -0.4 is 5.32 Å². The Labute approximate surface area is 97.0 Å². The van der Waals surface area contributed by atoms with E-state index in [2.05, 4.69) is 21.2 Å². The van der Waals surface area contributed by atoms with E-state index in [0.29, 0.717) is 6.04 Å². The quantitative estimate of drug-likeness (QED) is 0.918. The zero-order valence-electron chi connectivity index (χ0n) is 7.96. The monoisotopic (exact) mass is 275 g/mol. The Bertz CT molecular complexity index is 283. The average molecular weight is 276 g/mol. The van der Waals surface area contributed by atoms with Crippen LogP contribution in [-0.4, -0.2) is 17.5 Å². The molecule has 1 fully saturated rings. The fourth-order valence-electron chi connectivity index (χ4n) is 1.59. The Morgan fingerprint density at radius 2 is 2.57 bits per heavy atom. The molecule has 14 heavy (non-hydrogen) atoms. The summed E-state index contributed by atoms with van der Waals surface area (Å²) in [6.45, 7) is 0.832. The first kappa shape index (κ1) is 10.6. The molecule has 1 aliphatic rings. The lowest BCUT2D eigenvalue weighted by Gasteiger charge is -2.22. The van der Waals surface area contributed by atoms with E-state index in [0.717, 1.165) is 16.8 Å². The van der Waals surface area contributed by atoms with Crippen molar-refractivity contribution in [2.75, 3.05) is 11.5 Å². The van der Waals surface area contributed by atoms with Gasteiger partial charge in [-0.05, 0) is 40.6 Å². The largest absolute Gasteiger partial charge is 0.467 e. The number of nitrogens with one attached hydrogen (secondary N) is 1. The molecule has 1 aromatic heterocycles. The van der Waals surface area contributed by atoms with Crippen molar-refractivity contribution in [3.8, 4) is 0 Å². The lowest BCUT2D eigenvalue weighted by molar-refractivity contribution is 0.440. The number of halogens is 1. The van der Waals surface area contributed by atoms with Crippen molar-refractivity contribution in [1.82, 2.24) is 5.32 Å². The van der Waals surface area contributed by atoms with Crippen molar-refractivity contribution in [3.63, 3.8) is 0 Å². The predicted octanol–water partition coefficient (Wildman–Crippen LogP) is 3.03. The van der Waals surface area contributed by atoms with E-state index in [1.54, 1.807) is 6.26 Å². The maximum atomic E-state index is 5.34. The molecule has 0 aliphatic carbocycles. The van der Waals surface area contributed by atoms with Gasteiger partial charge in [0.05, 0.1) is 17.3 Å². The molecule has 1 N–H and O–H groups in total. The summed E-state index contributed by atoms with van der Waals surface area (Å²) in [4.78, 5) is 0. The Hall–Kier alpha value is 0.0700. The second-order valence-corrected chi connectivity index (χ2v) is 5.49. The van der Waals surface area contributed by atoms with E-state index in [1.807, 2.05) is 17.8 Å². The summed E-state index contributed by atoms with van der Waals surface area (Å²) in [5.74, 6) is 3.56. The molecule has 78 valence electrons. The van der Waals surface area contributed by atoms with Crippen LogP contribution in [0, 0.1) is 0 Å². The van der Waals surface area contributed by atoms with E-state index in [-0.39, 0.29) is 0 Å². The van der Waals surface area contributed by atoms with Gasteiger partial charge in [-0.1, -0.05) is 0 Å². The Morgan fingerprint density at radius 3 is 3.21 bits per heavy atom. The molecule has 0 radical (unpaired) electrons. The standard InChI is InChI=1S/C10H14BrNOS/c11-9-3-4-13-10(9)6-12-8-2-1-5-14-7-8/h3-4,8,12H,1-2,5-7H2. The summed E-state index contributed by atoms with van der Waals surface area (Å²) in [5, 5.41) is 3.52. The minimum atomic E-state index is 0.658. The normalized spacial score (nSPS) is 22.5. The van der Waals surface area contributed by atoms with E-state index >= 15 is 0 Å². The Balaban J connectivity index is 1.79. The molecule has 2 heterocycles. The van der Waals surface area contributed by atoms with Gasteiger partial charge in [0.25, 0.3) is 0 Å². The van der Waals surface area contributed by atoms with Crippen LogP contribution in [0.5, 0.6) is 0 Å². The van der Waals surface area contributed by atoms with Crippen molar-refractivity contribution < 1.29 is 4.42 Å². The van der Waals surface area contributed by atoms with Gasteiger partial charge >= 0.3 is 0 Å². The summed E-state index contributed by atoms with van der Waals surface area (Å²) in [6.07, 6.45) is 4.35. The third-order valence-electron chi connectivity index (χ3n) is 2.40. The van der Waals surface area contributed by atoms with Gasteiger partial charge in [-0.2, -0.15) is 11.8 Å². The molecule has 2 nitrogen and oxygen atoms in total. The summed E-state index contributed by atoms with van der Waals surface area (Å²) in [6, 6.07) is 2.60. The fourth-order valence-corrected chi connectivity index (χ4v) is 3.04. The molecule has 1 aromatic rings. The lowest BCUT2D eigenvalue weighted by atomic mass is 10.2. The van der Waals surface area contributed by atoms with E-state index in [1.165, 1.54) is 24.3 Å². The van der Waals surface area contributed by atoms with Gasteiger partial charge in [-0.3, -0.25) is 0 Å². The third-order valence-corrected chi connectivity index (χ3v) is 4.32. The molecule has 0 saturated carbocycles. The molecule has 0 spiro atoms. The highest BCUT2D eigenvalue weighted by Crippen LogP contribution is 2.20. The second-order valence-electron chi connectivity index (χ2n) is 3.49. The van der Waals surface area contributed by atoms with Crippen molar-refractivity contribution in [2.45, 2.75) is 25.4 Å². The zero-order chi connectivity index (χ0) is 9.80. The van der Waals surface area contributed by atoms with Crippen LogP contribution >= 0.6 is 27.7 Å². The number of thioether (sulfide) groups is 1. The topological polar surface area (TPSA) is 25.2 Å². The molecular formula is C10H14BrNOS. The number of hydrogen-bond donors (Lipinski definition) is 1. The van der Waals surface area contributed by atoms with E-state index in [9.17, 15) is 0 Å². The summed E-state index contributed by atoms with van der Waals surface area (Å²) in [7, 11) is 0. The van der Waals surface area contributed by atoms with Crippen LogP contribution in [0.1, 0.15) is 18.6 Å². The SMILES string of the molecule is Brc1ccoc1CNC1CCCSC1. The highest BCUT2D eigenvalue weighted by molar-refractivity contribution is 9.10. The van der Waals surface area contributed by atoms with Gasteiger partial charge < -0.3 is 9.73 Å². The first-order valence-electron chi connectivity index (χ1n) is 4.89. The predicted molar refractivity (Wildman–Crippen MR) is 63.6 cm³/mol. The molecule has 2 rings (SSSR count). The maximum Gasteiger partial charge on any atom is 0.131 e. The van der Waals surface area contributed by atoms with E-state index in [4.69, 9.17) is 4.42 Å². The van der Waals surface area contributed by atoms with Crippen LogP contribution in [0.4, 0.5) is 0 Å². The molecule has 0 bridgehead atoms. The highest BCUT2D eigenvalue weighted by atomic mass is 79.9. The Kier molecular flexibility index (Phi) is 3.96. The zero-order valence-corrected chi connectivity index (χ0v) is 10.4. The number of hydrogen-bond acceptors (Lipinski definition) is 3. The molecule has 1 saturated heterocycles. The third kappa shape index (κ3) is 2.78. The van der Waals surface area contributed by atoms with Crippen LogP contribution in [0.3, 0.4) is 0 Å². The smallest absolute Gasteiger partial charge is 0.131 e. The van der Waals surface area contributed by atoms with Gasteiger partial charge in [0.15, 0.2) is 0 Å². The van der Waals surface area contributed by atoms with Gasteiger partial charge in [0, 0.05) is 11.8 Å². The fraction of sp³-hybridized carbons (Fsp3) is 0.600. The maximum absolute atomic E-state index is 5.34. The van der Waals surface area contributed by atoms with Crippen LogP contribution in [0.15, 0.2) is 21.2 Å². The number of furan rings is 1. The van der Waals surface area contributed by atoms with Crippen molar-refractivity contribution >= 4 is 27.7 Å². The summed E-state index contributed by atoms with van der Waals surface area (Å²) >= 11 is 5.49. The molecule has 0 aromatic carbocycles. The van der Waals surface area contributed by atoms with Crippen LogP contribution in [0.2, 0.25) is 0 Å². The Morgan fingerprint density at radius 1 is 1.64 bits per heavy atom. The summed E-state index contributed by atoms with van der Waals surface area (Å²) in [5.41, 5.74) is 0. The molecule has 1 unspecified atom stereocenters. The van der Waals surface area contributed by atoms with Gasteiger partial charge in [-0.25, -0.2) is 0 Å². The van der Waals surface area contributed by atoms with Crippen LogP contribution in [-0.2, 0) is 6.54 Å². The number of rotatable bonds is 3. The summed E-state index contributed by atoms with van der Waals surface area (Å²) < 4.78 is 6.40. The lowest BCUT2D eigenvalue weighted by Crippen LogP contribution is -2.33. The average Bonchev–Trinajstić information content (AvgIpc) is 2.63. The van der Waals surface area contributed by atoms with Gasteiger partial charge in [-0.15, -0.1) is 0 Å². The second kappa shape index (κ2) is 5.24.